The minimum atomic E-state index is 0.149. The van der Waals surface area contributed by atoms with Crippen molar-refractivity contribution in [1.82, 2.24) is 5.32 Å². The number of benzene rings is 1. The number of hydrogen-bond donors (Lipinski definition) is 1. The SMILES string of the molecule is O=C(CCCc1ccccc1)[C@@H]1CCCN1. The first-order valence-electron chi connectivity index (χ1n) is 6.16. The molecule has 0 aromatic heterocycles. The first-order valence-corrected chi connectivity index (χ1v) is 6.16. The maximum Gasteiger partial charge on any atom is 0.149 e. The summed E-state index contributed by atoms with van der Waals surface area (Å²) in [5.41, 5.74) is 1.33. The molecule has 1 heterocycles. The molecule has 1 aromatic rings. The van der Waals surface area contributed by atoms with Gasteiger partial charge in [0.15, 0.2) is 0 Å². The van der Waals surface area contributed by atoms with Crippen molar-refractivity contribution in [3.8, 4) is 0 Å². The summed E-state index contributed by atoms with van der Waals surface area (Å²) in [5.74, 6) is 0.397. The van der Waals surface area contributed by atoms with Gasteiger partial charge in [-0.1, -0.05) is 30.3 Å². The molecule has 2 rings (SSSR count). The first-order chi connectivity index (χ1) is 7.86. The lowest BCUT2D eigenvalue weighted by Crippen LogP contribution is -2.30. The fourth-order valence-corrected chi connectivity index (χ4v) is 2.25. The Kier molecular flexibility index (Phi) is 4.11. The molecule has 0 aliphatic carbocycles. The van der Waals surface area contributed by atoms with E-state index in [-0.39, 0.29) is 6.04 Å². The quantitative estimate of drug-likeness (QED) is 0.820. The van der Waals surface area contributed by atoms with Crippen molar-refractivity contribution in [2.75, 3.05) is 6.54 Å². The summed E-state index contributed by atoms with van der Waals surface area (Å²) in [4.78, 5) is 11.8. The van der Waals surface area contributed by atoms with Crippen molar-refractivity contribution in [3.05, 3.63) is 35.9 Å². The van der Waals surface area contributed by atoms with Crippen LogP contribution >= 0.6 is 0 Å². The molecule has 1 saturated heterocycles. The summed E-state index contributed by atoms with van der Waals surface area (Å²) in [7, 11) is 0. The second-order valence-electron chi connectivity index (χ2n) is 4.45. The largest absolute Gasteiger partial charge is 0.307 e. The van der Waals surface area contributed by atoms with Crippen LogP contribution in [0.2, 0.25) is 0 Å². The van der Waals surface area contributed by atoms with Gasteiger partial charge in [0.05, 0.1) is 6.04 Å². The molecule has 0 amide bonds. The average molecular weight is 217 g/mol. The zero-order chi connectivity index (χ0) is 11.2. The second kappa shape index (κ2) is 5.80. The van der Waals surface area contributed by atoms with Crippen LogP contribution in [0.5, 0.6) is 0 Å². The second-order valence-corrected chi connectivity index (χ2v) is 4.45. The minimum absolute atomic E-state index is 0.149. The van der Waals surface area contributed by atoms with E-state index in [4.69, 9.17) is 0 Å². The predicted molar refractivity (Wildman–Crippen MR) is 65.4 cm³/mol. The third kappa shape index (κ3) is 3.17. The van der Waals surface area contributed by atoms with Crippen LogP contribution in [0.1, 0.15) is 31.2 Å². The Labute approximate surface area is 97.1 Å². The molecule has 1 N–H and O–H groups in total. The van der Waals surface area contributed by atoms with Crippen molar-refractivity contribution in [3.63, 3.8) is 0 Å². The molecule has 1 atom stereocenters. The van der Waals surface area contributed by atoms with Gasteiger partial charge in [-0.15, -0.1) is 0 Å². The van der Waals surface area contributed by atoms with Gasteiger partial charge in [-0.05, 0) is 37.8 Å². The number of hydrogen-bond acceptors (Lipinski definition) is 2. The van der Waals surface area contributed by atoms with Gasteiger partial charge in [-0.3, -0.25) is 4.79 Å². The van der Waals surface area contributed by atoms with E-state index in [0.717, 1.165) is 32.2 Å². The summed E-state index contributed by atoms with van der Waals surface area (Å²) < 4.78 is 0. The number of ketones is 1. The fraction of sp³-hybridized carbons (Fsp3) is 0.500. The molecule has 86 valence electrons. The molecular formula is C14H19NO. The number of rotatable bonds is 5. The zero-order valence-electron chi connectivity index (χ0n) is 9.61. The van der Waals surface area contributed by atoms with Crippen LogP contribution in [0.3, 0.4) is 0 Å². The monoisotopic (exact) mass is 217 g/mol. The molecule has 1 aliphatic rings. The van der Waals surface area contributed by atoms with E-state index in [0.29, 0.717) is 12.2 Å². The van der Waals surface area contributed by atoms with Crippen LogP contribution in [-0.4, -0.2) is 18.4 Å². The summed E-state index contributed by atoms with van der Waals surface area (Å²) in [6, 6.07) is 10.5. The van der Waals surface area contributed by atoms with Gasteiger partial charge >= 0.3 is 0 Å². The lowest BCUT2D eigenvalue weighted by molar-refractivity contribution is -0.120. The summed E-state index contributed by atoms with van der Waals surface area (Å²) >= 11 is 0. The van der Waals surface area contributed by atoms with Crippen molar-refractivity contribution in [2.24, 2.45) is 0 Å². The van der Waals surface area contributed by atoms with Crippen LogP contribution in [0, 0.1) is 0 Å². The topological polar surface area (TPSA) is 29.1 Å². The van der Waals surface area contributed by atoms with Gasteiger partial charge in [0.25, 0.3) is 0 Å². The zero-order valence-corrected chi connectivity index (χ0v) is 9.61. The van der Waals surface area contributed by atoms with E-state index in [9.17, 15) is 4.79 Å². The minimum Gasteiger partial charge on any atom is -0.307 e. The number of nitrogens with one attached hydrogen (secondary N) is 1. The molecule has 0 saturated carbocycles. The molecule has 0 radical (unpaired) electrons. The third-order valence-corrected chi connectivity index (χ3v) is 3.18. The highest BCUT2D eigenvalue weighted by molar-refractivity contribution is 5.84. The van der Waals surface area contributed by atoms with Crippen molar-refractivity contribution < 1.29 is 4.79 Å². The molecule has 1 aliphatic heterocycles. The number of carbonyl (C=O) groups is 1. The smallest absolute Gasteiger partial charge is 0.149 e. The predicted octanol–water partition coefficient (Wildman–Crippen LogP) is 2.33. The summed E-state index contributed by atoms with van der Waals surface area (Å²) in [5, 5.41) is 3.26. The Morgan fingerprint density at radius 2 is 2.12 bits per heavy atom. The molecule has 0 spiro atoms. The maximum atomic E-state index is 11.8. The van der Waals surface area contributed by atoms with Gasteiger partial charge in [0.2, 0.25) is 0 Å². The Bertz CT molecular complexity index is 328. The van der Waals surface area contributed by atoms with E-state index in [1.54, 1.807) is 0 Å². The highest BCUT2D eigenvalue weighted by atomic mass is 16.1. The van der Waals surface area contributed by atoms with E-state index < -0.39 is 0 Å². The number of carbonyl (C=O) groups excluding carboxylic acids is 1. The van der Waals surface area contributed by atoms with Gasteiger partial charge in [-0.25, -0.2) is 0 Å². The van der Waals surface area contributed by atoms with Gasteiger partial charge in [0.1, 0.15) is 5.78 Å². The van der Waals surface area contributed by atoms with E-state index in [2.05, 4.69) is 29.6 Å². The van der Waals surface area contributed by atoms with Crippen LogP contribution in [0.4, 0.5) is 0 Å². The van der Waals surface area contributed by atoms with E-state index in [1.807, 2.05) is 6.07 Å². The molecule has 1 fully saturated rings. The van der Waals surface area contributed by atoms with E-state index >= 15 is 0 Å². The van der Waals surface area contributed by atoms with Gasteiger partial charge in [-0.2, -0.15) is 0 Å². The Morgan fingerprint density at radius 1 is 1.31 bits per heavy atom. The Morgan fingerprint density at radius 3 is 2.81 bits per heavy atom. The Balaban J connectivity index is 1.70. The lowest BCUT2D eigenvalue weighted by Gasteiger charge is -2.08. The van der Waals surface area contributed by atoms with Crippen LogP contribution in [0.25, 0.3) is 0 Å². The van der Waals surface area contributed by atoms with Crippen LogP contribution in [0.15, 0.2) is 30.3 Å². The average Bonchev–Trinajstić information content (AvgIpc) is 2.84. The third-order valence-electron chi connectivity index (χ3n) is 3.18. The normalized spacial score (nSPS) is 19.9. The number of Topliss-reactive ketones (excluding diaryl/α,β-unsaturated/α-hetero) is 1. The lowest BCUT2D eigenvalue weighted by atomic mass is 10.0. The number of aryl methyl sites for hydroxylation is 1. The molecule has 16 heavy (non-hydrogen) atoms. The highest BCUT2D eigenvalue weighted by Crippen LogP contribution is 2.11. The summed E-state index contributed by atoms with van der Waals surface area (Å²) in [6.45, 7) is 1.01. The molecule has 2 nitrogen and oxygen atoms in total. The van der Waals surface area contributed by atoms with Crippen LogP contribution < -0.4 is 5.32 Å². The Hall–Kier alpha value is -1.15. The fourth-order valence-electron chi connectivity index (χ4n) is 2.25. The van der Waals surface area contributed by atoms with E-state index in [1.165, 1.54) is 5.56 Å². The molecule has 2 heteroatoms. The molecule has 0 bridgehead atoms. The van der Waals surface area contributed by atoms with Crippen LogP contribution in [-0.2, 0) is 11.2 Å². The molecule has 0 unspecified atom stereocenters. The molecule has 1 aromatic carbocycles. The highest BCUT2D eigenvalue weighted by Gasteiger charge is 2.20. The van der Waals surface area contributed by atoms with Crippen molar-refractivity contribution >= 4 is 5.78 Å². The first kappa shape index (κ1) is 11.3. The van der Waals surface area contributed by atoms with Crippen molar-refractivity contribution in [2.45, 2.75) is 38.1 Å². The van der Waals surface area contributed by atoms with Gasteiger partial charge in [0, 0.05) is 6.42 Å². The standard InChI is InChI=1S/C14H19NO/c16-14(13-9-5-11-15-13)10-4-8-12-6-2-1-3-7-12/h1-3,6-7,13,15H,4-5,8-11H2/t13-/m0/s1. The van der Waals surface area contributed by atoms with Gasteiger partial charge < -0.3 is 5.32 Å². The van der Waals surface area contributed by atoms with Crippen molar-refractivity contribution in [1.29, 1.82) is 0 Å². The summed E-state index contributed by atoms with van der Waals surface area (Å²) in [6.07, 6.45) is 4.88. The molecular weight excluding hydrogens is 198 g/mol. The maximum absolute atomic E-state index is 11.8.